The summed E-state index contributed by atoms with van der Waals surface area (Å²) >= 11 is 0. The van der Waals surface area contributed by atoms with Crippen LogP contribution in [0.1, 0.15) is 40.4 Å². The number of rotatable bonds is 1. The van der Waals surface area contributed by atoms with Gasteiger partial charge in [0.1, 0.15) is 5.82 Å². The number of nitrogens with zero attached hydrogens (tertiary/aromatic N) is 3. The molecule has 0 aliphatic carbocycles. The molecule has 1 N–H and O–H groups in total. The van der Waals surface area contributed by atoms with Gasteiger partial charge in [-0.15, -0.1) is 0 Å². The predicted octanol–water partition coefficient (Wildman–Crippen LogP) is 3.16. The van der Waals surface area contributed by atoms with Crippen molar-refractivity contribution in [2.75, 3.05) is 6.54 Å². The molecule has 1 aliphatic heterocycles. The van der Waals surface area contributed by atoms with Crippen molar-refractivity contribution in [3.05, 3.63) is 58.9 Å². The van der Waals surface area contributed by atoms with Gasteiger partial charge in [-0.05, 0) is 37.6 Å². The van der Waals surface area contributed by atoms with Gasteiger partial charge >= 0.3 is 0 Å². The average molecular weight is 324 g/mol. The number of aryl methyl sites for hydroxylation is 1. The number of benzene rings is 1. The van der Waals surface area contributed by atoms with E-state index in [1.807, 2.05) is 19.1 Å². The Balaban J connectivity index is 1.71. The summed E-state index contributed by atoms with van der Waals surface area (Å²) in [4.78, 5) is 26.4. The molecule has 2 aromatic heterocycles. The number of amides is 1. The summed E-state index contributed by atoms with van der Waals surface area (Å²) in [5.74, 6) is -0.245. The van der Waals surface area contributed by atoms with E-state index in [-0.39, 0.29) is 23.6 Å². The van der Waals surface area contributed by atoms with Gasteiger partial charge in [-0.1, -0.05) is 6.07 Å². The van der Waals surface area contributed by atoms with E-state index in [9.17, 15) is 9.18 Å². The van der Waals surface area contributed by atoms with Crippen molar-refractivity contribution < 1.29 is 9.18 Å². The summed E-state index contributed by atoms with van der Waals surface area (Å²) in [5.41, 5.74) is 3.73. The summed E-state index contributed by atoms with van der Waals surface area (Å²) in [6, 6.07) is 6.82. The number of aromatic amines is 1. The van der Waals surface area contributed by atoms with Gasteiger partial charge in [0.05, 0.1) is 17.1 Å². The third-order valence-corrected chi connectivity index (χ3v) is 4.74. The van der Waals surface area contributed by atoms with E-state index in [1.165, 1.54) is 6.07 Å². The van der Waals surface area contributed by atoms with Gasteiger partial charge < -0.3 is 9.88 Å². The Kier molecular flexibility index (Phi) is 3.33. The van der Waals surface area contributed by atoms with E-state index in [4.69, 9.17) is 0 Å². The smallest absolute Gasteiger partial charge is 0.290 e. The minimum absolute atomic E-state index is 0.0685. The molecule has 0 fully saturated rings. The second-order valence-electron chi connectivity index (χ2n) is 6.12. The largest absolute Gasteiger partial charge is 0.334 e. The van der Waals surface area contributed by atoms with Crippen molar-refractivity contribution in [2.45, 2.75) is 26.3 Å². The van der Waals surface area contributed by atoms with Gasteiger partial charge in [-0.2, -0.15) is 0 Å². The van der Waals surface area contributed by atoms with Crippen LogP contribution in [0.15, 0.2) is 30.5 Å². The number of hydrogen-bond donors (Lipinski definition) is 1. The Morgan fingerprint density at radius 2 is 2.21 bits per heavy atom. The molecule has 6 heteroatoms. The predicted molar refractivity (Wildman–Crippen MR) is 88.2 cm³/mol. The number of imidazole rings is 1. The minimum Gasteiger partial charge on any atom is -0.334 e. The molecule has 1 aromatic carbocycles. The van der Waals surface area contributed by atoms with Gasteiger partial charge in [-0.25, -0.2) is 9.37 Å². The summed E-state index contributed by atoms with van der Waals surface area (Å²) < 4.78 is 13.7. The molecule has 0 spiro atoms. The Morgan fingerprint density at radius 1 is 1.38 bits per heavy atom. The third kappa shape index (κ3) is 2.18. The molecule has 5 nitrogen and oxygen atoms in total. The number of carbonyl (C=O) groups is 1. The van der Waals surface area contributed by atoms with Crippen LogP contribution in [0, 0.1) is 12.7 Å². The molecule has 4 rings (SSSR count). The second kappa shape index (κ2) is 5.40. The van der Waals surface area contributed by atoms with Gasteiger partial charge in [0.2, 0.25) is 0 Å². The third-order valence-electron chi connectivity index (χ3n) is 4.74. The molecule has 1 amide bonds. The van der Waals surface area contributed by atoms with Crippen molar-refractivity contribution in [2.24, 2.45) is 0 Å². The van der Waals surface area contributed by atoms with E-state index in [1.54, 1.807) is 24.1 Å². The number of nitrogens with one attached hydrogen (secondary N) is 1. The molecule has 0 saturated heterocycles. The second-order valence-corrected chi connectivity index (χ2v) is 6.12. The lowest BCUT2D eigenvalue weighted by Crippen LogP contribution is -2.39. The Morgan fingerprint density at radius 3 is 3.04 bits per heavy atom. The molecule has 122 valence electrons. The number of carbonyl (C=O) groups excluding carboxylic acids is 1. The van der Waals surface area contributed by atoms with Crippen molar-refractivity contribution in [1.29, 1.82) is 0 Å². The lowest BCUT2D eigenvalue weighted by molar-refractivity contribution is 0.0665. The molecule has 1 aliphatic rings. The molecule has 1 atom stereocenters. The van der Waals surface area contributed by atoms with Crippen LogP contribution in [-0.2, 0) is 6.42 Å². The van der Waals surface area contributed by atoms with Crippen LogP contribution in [0.3, 0.4) is 0 Å². The monoisotopic (exact) mass is 324 g/mol. The van der Waals surface area contributed by atoms with Crippen molar-refractivity contribution in [1.82, 2.24) is 19.9 Å². The first kappa shape index (κ1) is 14.8. The van der Waals surface area contributed by atoms with Crippen LogP contribution in [0.5, 0.6) is 0 Å². The highest BCUT2D eigenvalue weighted by atomic mass is 19.1. The standard InChI is InChI=1S/C18H17FN4O/c1-10-13(19)5-6-15-16(10)22-17(21-15)18(24)23-9-7-14-12(11(23)2)4-3-8-20-14/h3-6,8,11H,7,9H2,1-2H3,(H,21,22)/t11-/m1/s1. The lowest BCUT2D eigenvalue weighted by atomic mass is 9.98. The van der Waals surface area contributed by atoms with Crippen LogP contribution in [-0.4, -0.2) is 32.3 Å². The fraction of sp³-hybridized carbons (Fsp3) is 0.278. The summed E-state index contributed by atoms with van der Waals surface area (Å²) in [5, 5.41) is 0. The highest BCUT2D eigenvalue weighted by Crippen LogP contribution is 2.29. The Labute approximate surface area is 138 Å². The molecule has 0 saturated carbocycles. The first-order chi connectivity index (χ1) is 11.6. The highest BCUT2D eigenvalue weighted by molar-refractivity contribution is 5.95. The maximum atomic E-state index is 13.7. The van der Waals surface area contributed by atoms with E-state index in [0.29, 0.717) is 23.1 Å². The number of pyridine rings is 1. The molecule has 0 unspecified atom stereocenters. The topological polar surface area (TPSA) is 61.9 Å². The lowest BCUT2D eigenvalue weighted by Gasteiger charge is -2.34. The zero-order valence-corrected chi connectivity index (χ0v) is 13.5. The van der Waals surface area contributed by atoms with E-state index >= 15 is 0 Å². The Hall–Kier alpha value is -2.76. The highest BCUT2D eigenvalue weighted by Gasteiger charge is 2.30. The fourth-order valence-corrected chi connectivity index (χ4v) is 3.33. The van der Waals surface area contributed by atoms with E-state index < -0.39 is 0 Å². The van der Waals surface area contributed by atoms with Crippen LogP contribution >= 0.6 is 0 Å². The molecule has 3 aromatic rings. The number of fused-ring (bicyclic) bond motifs is 2. The normalized spacial score (nSPS) is 17.1. The molecule has 24 heavy (non-hydrogen) atoms. The number of aromatic nitrogens is 3. The molecule has 3 heterocycles. The van der Waals surface area contributed by atoms with Crippen molar-refractivity contribution >= 4 is 16.9 Å². The number of H-pyrrole nitrogens is 1. The zero-order chi connectivity index (χ0) is 16.8. The average Bonchev–Trinajstić information content (AvgIpc) is 3.03. The zero-order valence-electron chi connectivity index (χ0n) is 13.5. The number of hydrogen-bond acceptors (Lipinski definition) is 3. The first-order valence-corrected chi connectivity index (χ1v) is 7.96. The van der Waals surface area contributed by atoms with Gasteiger partial charge in [-0.3, -0.25) is 9.78 Å². The fourth-order valence-electron chi connectivity index (χ4n) is 3.33. The van der Waals surface area contributed by atoms with Crippen LogP contribution < -0.4 is 0 Å². The summed E-state index contributed by atoms with van der Waals surface area (Å²) in [6.07, 6.45) is 2.50. The molecule has 0 bridgehead atoms. The summed E-state index contributed by atoms with van der Waals surface area (Å²) in [7, 11) is 0. The minimum atomic E-state index is -0.320. The van der Waals surface area contributed by atoms with Gasteiger partial charge in [0.15, 0.2) is 5.82 Å². The van der Waals surface area contributed by atoms with Crippen molar-refractivity contribution in [3.63, 3.8) is 0 Å². The van der Waals surface area contributed by atoms with Gasteiger partial charge in [0, 0.05) is 30.4 Å². The van der Waals surface area contributed by atoms with E-state index in [0.717, 1.165) is 17.7 Å². The quantitative estimate of drug-likeness (QED) is 0.748. The van der Waals surface area contributed by atoms with Gasteiger partial charge in [0.25, 0.3) is 5.91 Å². The van der Waals surface area contributed by atoms with Crippen LogP contribution in [0.4, 0.5) is 4.39 Å². The molecular weight excluding hydrogens is 307 g/mol. The maximum absolute atomic E-state index is 13.7. The maximum Gasteiger partial charge on any atom is 0.290 e. The van der Waals surface area contributed by atoms with Crippen LogP contribution in [0.25, 0.3) is 11.0 Å². The van der Waals surface area contributed by atoms with Crippen molar-refractivity contribution in [3.8, 4) is 0 Å². The first-order valence-electron chi connectivity index (χ1n) is 7.96. The molecular formula is C18H17FN4O. The Bertz CT molecular complexity index is 949. The molecule has 0 radical (unpaired) electrons. The van der Waals surface area contributed by atoms with E-state index in [2.05, 4.69) is 15.0 Å². The van der Waals surface area contributed by atoms with Crippen LogP contribution in [0.2, 0.25) is 0 Å². The SMILES string of the molecule is Cc1c(F)ccc2[nH]c(C(=O)N3CCc4ncccc4[C@H]3C)nc12. The summed E-state index contributed by atoms with van der Waals surface area (Å²) in [6.45, 7) is 4.25. The number of halogens is 1.